The number of hydrogen-bond acceptors (Lipinski definition) is 6. The van der Waals surface area contributed by atoms with E-state index in [1.807, 2.05) is 97.1 Å². The summed E-state index contributed by atoms with van der Waals surface area (Å²) < 4.78 is 14.1. The monoisotopic (exact) mass is 658 g/mol. The summed E-state index contributed by atoms with van der Waals surface area (Å²) in [6.45, 7) is 4.19. The van der Waals surface area contributed by atoms with Crippen molar-refractivity contribution in [2.45, 2.75) is 48.4 Å². The van der Waals surface area contributed by atoms with Crippen LogP contribution in [0.15, 0.2) is 109 Å². The summed E-state index contributed by atoms with van der Waals surface area (Å²) in [5.74, 6) is -0.897. The molecule has 2 N–H and O–H groups in total. The number of carbonyl (C=O) groups is 2. The van der Waals surface area contributed by atoms with Crippen LogP contribution in [-0.4, -0.2) is 31.1 Å². The molecule has 4 aromatic rings. The predicted octanol–water partition coefficient (Wildman–Crippen LogP) is 9.23. The minimum atomic E-state index is -4.29. The standard InChI is InChI=1S/2C13H11NO2.2C4H9.Sn/c2*15-13(16)11-8-4-5-9-12(11)14-10-6-2-1-3-7-10;2*1-3-4-2;/h2*1-9,14H,(H,15,16);2*1,3-4H2,2H3;/q;;;;+2/p-2. The Hall–Kier alpha value is -3.78. The number of rotatable bonds is 14. The van der Waals surface area contributed by atoms with Crippen LogP contribution in [0.1, 0.15) is 60.2 Å². The first-order valence-electron chi connectivity index (χ1n) is 14.3. The zero-order valence-electron chi connectivity index (χ0n) is 23.8. The fourth-order valence-electron chi connectivity index (χ4n) is 4.58. The molecule has 0 fully saturated rings. The van der Waals surface area contributed by atoms with E-state index < -0.39 is 31.1 Å². The number of unbranched alkanes of at least 4 members (excludes halogenated alkanes) is 2. The first-order valence-corrected chi connectivity index (χ1v) is 20.7. The van der Waals surface area contributed by atoms with Crippen molar-refractivity contribution in [2.24, 2.45) is 0 Å². The van der Waals surface area contributed by atoms with Gasteiger partial charge >= 0.3 is 249 Å². The van der Waals surface area contributed by atoms with E-state index in [-0.39, 0.29) is 0 Å². The second kappa shape index (κ2) is 15.3. The molecule has 0 aliphatic rings. The maximum atomic E-state index is 13.8. The first-order chi connectivity index (χ1) is 20.0. The van der Waals surface area contributed by atoms with Crippen molar-refractivity contribution in [1.82, 2.24) is 0 Å². The van der Waals surface area contributed by atoms with Gasteiger partial charge in [-0.05, 0) is 0 Å². The van der Waals surface area contributed by atoms with Crippen LogP contribution in [0.3, 0.4) is 0 Å². The van der Waals surface area contributed by atoms with Crippen LogP contribution in [0.5, 0.6) is 0 Å². The normalized spacial score (nSPS) is 11.0. The van der Waals surface area contributed by atoms with Gasteiger partial charge in [-0.15, -0.1) is 0 Å². The molecule has 4 rings (SSSR count). The van der Waals surface area contributed by atoms with Crippen molar-refractivity contribution in [3.63, 3.8) is 0 Å². The average molecular weight is 657 g/mol. The summed E-state index contributed by atoms with van der Waals surface area (Å²) in [6.07, 6.45) is 3.48. The molecular weight excluding hydrogens is 619 g/mol. The Balaban J connectivity index is 1.63. The van der Waals surface area contributed by atoms with Crippen molar-refractivity contribution in [1.29, 1.82) is 0 Å². The Bertz CT molecular complexity index is 1300. The van der Waals surface area contributed by atoms with Crippen LogP contribution < -0.4 is 10.6 Å². The van der Waals surface area contributed by atoms with Gasteiger partial charge < -0.3 is 0 Å². The fourth-order valence-corrected chi connectivity index (χ4v) is 14.2. The minimum absolute atomic E-state index is 0.424. The third kappa shape index (κ3) is 8.60. The van der Waals surface area contributed by atoms with Gasteiger partial charge in [-0.1, -0.05) is 0 Å². The van der Waals surface area contributed by atoms with Crippen molar-refractivity contribution >= 4 is 53.9 Å². The van der Waals surface area contributed by atoms with Gasteiger partial charge in [0, 0.05) is 0 Å². The molecule has 4 aromatic carbocycles. The molecule has 0 aliphatic carbocycles. The third-order valence-corrected chi connectivity index (χ3v) is 16.3. The molecule has 0 amide bonds. The van der Waals surface area contributed by atoms with Gasteiger partial charge in [-0.3, -0.25) is 0 Å². The van der Waals surface area contributed by atoms with E-state index in [9.17, 15) is 9.59 Å². The van der Waals surface area contributed by atoms with E-state index in [1.54, 1.807) is 12.1 Å². The fraction of sp³-hybridized carbons (Fsp3) is 0.235. The molecule has 0 radical (unpaired) electrons. The number of para-hydroxylation sites is 4. The molecule has 7 heteroatoms. The molecule has 0 aromatic heterocycles. The number of benzene rings is 4. The molecule has 0 unspecified atom stereocenters. The molecule has 0 atom stereocenters. The molecule has 41 heavy (non-hydrogen) atoms. The summed E-state index contributed by atoms with van der Waals surface area (Å²) in [4.78, 5) is 27.6. The Morgan fingerprint density at radius 1 is 0.561 bits per heavy atom. The Labute approximate surface area is 248 Å². The average Bonchev–Trinajstić information content (AvgIpc) is 3.00. The summed E-state index contributed by atoms with van der Waals surface area (Å²) in [6, 6.07) is 34.0. The second-order valence-electron chi connectivity index (χ2n) is 9.97. The van der Waals surface area contributed by atoms with E-state index in [1.165, 1.54) is 0 Å². The number of nitrogens with one attached hydrogen (secondary N) is 2. The zero-order valence-corrected chi connectivity index (χ0v) is 26.6. The maximum absolute atomic E-state index is 13.8. The van der Waals surface area contributed by atoms with Crippen LogP contribution in [-0.2, 0) is 6.15 Å². The van der Waals surface area contributed by atoms with Gasteiger partial charge in [0.05, 0.1) is 0 Å². The second-order valence-corrected chi connectivity index (χ2v) is 19.2. The van der Waals surface area contributed by atoms with Gasteiger partial charge in [0.15, 0.2) is 0 Å². The predicted molar refractivity (Wildman–Crippen MR) is 168 cm³/mol. The van der Waals surface area contributed by atoms with Crippen molar-refractivity contribution in [2.75, 3.05) is 10.6 Å². The van der Waals surface area contributed by atoms with Gasteiger partial charge in [0.25, 0.3) is 0 Å². The number of carbonyl (C=O) groups excluding carboxylic acids is 2. The van der Waals surface area contributed by atoms with Crippen molar-refractivity contribution in [3.8, 4) is 0 Å². The van der Waals surface area contributed by atoms with Crippen LogP contribution >= 0.6 is 0 Å². The molecule has 212 valence electrons. The van der Waals surface area contributed by atoms with Gasteiger partial charge in [0.2, 0.25) is 0 Å². The van der Waals surface area contributed by atoms with E-state index in [0.29, 0.717) is 31.4 Å². The molecule has 0 saturated carbocycles. The Morgan fingerprint density at radius 2 is 0.927 bits per heavy atom. The van der Waals surface area contributed by atoms with Crippen molar-refractivity contribution in [3.05, 3.63) is 120 Å². The Kier molecular flexibility index (Phi) is 11.3. The zero-order chi connectivity index (χ0) is 28.9. The summed E-state index contributed by atoms with van der Waals surface area (Å²) in [5, 5.41) is 6.66. The van der Waals surface area contributed by atoms with Crippen LogP contribution in [0, 0.1) is 0 Å². The molecule has 0 saturated heterocycles. The van der Waals surface area contributed by atoms with Crippen molar-refractivity contribution < 1.29 is 15.7 Å². The number of anilines is 4. The quantitative estimate of drug-likeness (QED) is 0.132. The topological polar surface area (TPSA) is 76.7 Å². The number of hydrogen-bond donors (Lipinski definition) is 2. The molecule has 0 heterocycles. The van der Waals surface area contributed by atoms with E-state index in [4.69, 9.17) is 6.15 Å². The van der Waals surface area contributed by atoms with Crippen LogP contribution in [0.2, 0.25) is 8.87 Å². The first kappa shape index (κ1) is 30.2. The van der Waals surface area contributed by atoms with Gasteiger partial charge in [-0.2, -0.15) is 0 Å². The molecular formula is C34H38N2O4Sn. The molecule has 0 aliphatic heterocycles. The molecule has 0 spiro atoms. The van der Waals surface area contributed by atoms with Gasteiger partial charge in [-0.25, -0.2) is 0 Å². The summed E-state index contributed by atoms with van der Waals surface area (Å²) >= 11 is -4.29. The van der Waals surface area contributed by atoms with Crippen LogP contribution in [0.25, 0.3) is 0 Å². The van der Waals surface area contributed by atoms with Crippen LogP contribution in [0.4, 0.5) is 22.7 Å². The third-order valence-electron chi connectivity index (χ3n) is 6.78. The summed E-state index contributed by atoms with van der Waals surface area (Å²) in [7, 11) is 0. The van der Waals surface area contributed by atoms with E-state index in [0.717, 1.165) is 37.1 Å². The van der Waals surface area contributed by atoms with E-state index >= 15 is 0 Å². The SMILES string of the molecule is CCC[CH2][Sn]([CH2]CCC)([O]C(=O)c1ccccc1Nc1ccccc1)[O]C(=O)c1ccccc1Nc1ccccc1. The molecule has 0 bridgehead atoms. The van der Waals surface area contributed by atoms with E-state index in [2.05, 4.69) is 24.5 Å². The summed E-state index contributed by atoms with van der Waals surface area (Å²) in [5.41, 5.74) is 3.89. The Morgan fingerprint density at radius 3 is 1.32 bits per heavy atom. The molecule has 6 nitrogen and oxygen atoms in total. The van der Waals surface area contributed by atoms with Gasteiger partial charge in [0.1, 0.15) is 0 Å².